The van der Waals surface area contributed by atoms with Gasteiger partial charge in [-0.15, -0.1) is 0 Å². The van der Waals surface area contributed by atoms with E-state index in [4.69, 9.17) is 43.1 Å². The summed E-state index contributed by atoms with van der Waals surface area (Å²) in [7, 11) is 0. The number of carboxylic acids is 1. The zero-order valence-corrected chi connectivity index (χ0v) is 20.6. The molecule has 1 fully saturated rings. The Labute approximate surface area is 221 Å². The van der Waals surface area contributed by atoms with Gasteiger partial charge in [0.05, 0.1) is 0 Å². The molecule has 2 unspecified atom stereocenters. The van der Waals surface area contributed by atoms with Gasteiger partial charge in [-0.1, -0.05) is 23.7 Å². The van der Waals surface area contributed by atoms with Gasteiger partial charge in [0.25, 0.3) is 5.91 Å². The number of nitrogens with one attached hydrogen (secondary N) is 3. The Hall–Kier alpha value is -3.76. The lowest BCUT2D eigenvalue weighted by molar-refractivity contribution is -0.271. The number of nitrogens with zero attached hydrogens (tertiary/aromatic N) is 2. The number of aromatic nitrogens is 2. The van der Waals surface area contributed by atoms with E-state index in [9.17, 15) is 24.9 Å². The molecule has 0 saturated carbocycles. The molecule has 1 saturated heterocycles. The molecule has 0 spiro atoms. The van der Waals surface area contributed by atoms with Crippen molar-refractivity contribution in [1.29, 1.82) is 5.41 Å². The molecule has 1 aliphatic rings. The summed E-state index contributed by atoms with van der Waals surface area (Å²) in [5, 5.41) is 51.5. The lowest BCUT2D eigenvalue weighted by Gasteiger charge is -2.38. The second-order valence-corrected chi connectivity index (χ2v) is 8.70. The maximum absolute atomic E-state index is 12.2. The highest BCUT2D eigenvalue weighted by molar-refractivity contribution is 6.31. The molecule has 5 atom stereocenters. The number of nitrogens with two attached hydrogens (primary N) is 2. The van der Waals surface area contributed by atoms with Gasteiger partial charge < -0.3 is 46.7 Å². The first-order valence-corrected chi connectivity index (χ1v) is 11.8. The fourth-order valence-electron chi connectivity index (χ4n) is 3.51. The van der Waals surface area contributed by atoms with Crippen LogP contribution in [0.1, 0.15) is 28.9 Å². The number of rotatable bonds is 9. The van der Waals surface area contributed by atoms with Crippen LogP contribution in [-0.2, 0) is 16.0 Å². The van der Waals surface area contributed by atoms with E-state index >= 15 is 0 Å². The molecule has 206 valence electrons. The van der Waals surface area contributed by atoms with Crippen LogP contribution in [0.25, 0.3) is 0 Å². The second-order valence-electron chi connectivity index (χ2n) is 8.34. The van der Waals surface area contributed by atoms with Crippen molar-refractivity contribution >= 4 is 41.1 Å². The average molecular weight is 554 g/mol. The molecule has 0 aliphatic carbocycles. The third-order valence-electron chi connectivity index (χ3n) is 5.54. The SMILES string of the molecule is N=C(NCCCCc1ccc(OC2OC(C(=O)O)[C@@H](O)[C@H](O)[C@H]2O)cc1)NC(=O)c1nc(Cl)c(N)nc1N. The van der Waals surface area contributed by atoms with Crippen molar-refractivity contribution in [3.63, 3.8) is 0 Å². The zero-order valence-electron chi connectivity index (χ0n) is 19.9. The number of hydrogen-bond donors (Lipinski definition) is 9. The maximum Gasteiger partial charge on any atom is 0.335 e. The number of aliphatic hydroxyl groups excluding tert-OH is 3. The Morgan fingerprint density at radius 3 is 2.39 bits per heavy atom. The van der Waals surface area contributed by atoms with Gasteiger partial charge in [0.2, 0.25) is 6.29 Å². The quantitative estimate of drug-likeness (QED) is 0.101. The fourth-order valence-corrected chi connectivity index (χ4v) is 3.64. The summed E-state index contributed by atoms with van der Waals surface area (Å²) in [5.41, 5.74) is 11.8. The molecule has 1 aliphatic heterocycles. The maximum atomic E-state index is 12.2. The van der Waals surface area contributed by atoms with Gasteiger partial charge >= 0.3 is 5.97 Å². The van der Waals surface area contributed by atoms with Gasteiger partial charge in [0.15, 0.2) is 34.5 Å². The number of carbonyl (C=O) groups is 2. The van der Waals surface area contributed by atoms with Crippen molar-refractivity contribution in [2.24, 2.45) is 0 Å². The number of aliphatic carboxylic acids is 1. The number of unbranched alkanes of at least 4 members (excludes halogenated alkanes) is 1. The van der Waals surface area contributed by atoms with Crippen LogP contribution in [0.3, 0.4) is 0 Å². The van der Waals surface area contributed by atoms with E-state index in [1.165, 1.54) is 0 Å². The van der Waals surface area contributed by atoms with Gasteiger partial charge in [-0.2, -0.15) is 0 Å². The molecule has 2 aromatic rings. The van der Waals surface area contributed by atoms with E-state index in [2.05, 4.69) is 20.6 Å². The Bertz CT molecular complexity index is 1170. The standard InChI is InChI=1S/C22H28ClN7O8/c23-16-18(25)29-17(24)11(28-16)19(34)30-22(26)27-8-2-1-3-9-4-6-10(7-5-9)37-21-14(33)12(31)13(32)15(38-21)20(35)36/h4-7,12-15,21,31-33H,1-3,8H2,(H,35,36)(H4,24,25,29)(H3,26,27,30,34)/t12-,13-,14+,15?,21?/m0/s1. The van der Waals surface area contributed by atoms with E-state index in [0.717, 1.165) is 12.0 Å². The number of nitrogen functional groups attached to an aromatic ring is 2. The van der Waals surface area contributed by atoms with Crippen molar-refractivity contribution in [2.75, 3.05) is 18.0 Å². The van der Waals surface area contributed by atoms with E-state index in [0.29, 0.717) is 19.4 Å². The van der Waals surface area contributed by atoms with E-state index < -0.39 is 42.6 Å². The van der Waals surface area contributed by atoms with Gasteiger partial charge in [0, 0.05) is 6.54 Å². The molecule has 11 N–H and O–H groups in total. The minimum absolute atomic E-state index is 0.109. The minimum Gasteiger partial charge on any atom is -0.479 e. The van der Waals surface area contributed by atoms with Crippen molar-refractivity contribution in [2.45, 2.75) is 50.0 Å². The Balaban J connectivity index is 1.39. The summed E-state index contributed by atoms with van der Waals surface area (Å²) in [6, 6.07) is 6.73. The number of carbonyl (C=O) groups excluding carboxylic acids is 1. The highest BCUT2D eigenvalue weighted by atomic mass is 35.5. The van der Waals surface area contributed by atoms with E-state index in [1.54, 1.807) is 24.3 Å². The minimum atomic E-state index is -1.80. The lowest BCUT2D eigenvalue weighted by atomic mass is 9.99. The number of amides is 1. The molecule has 1 aromatic heterocycles. The van der Waals surface area contributed by atoms with Gasteiger partial charge in [-0.05, 0) is 37.0 Å². The topological polar surface area (TPSA) is 259 Å². The van der Waals surface area contributed by atoms with Gasteiger partial charge in [-0.25, -0.2) is 14.8 Å². The first-order valence-electron chi connectivity index (χ1n) is 11.4. The van der Waals surface area contributed by atoms with Crippen molar-refractivity contribution in [3.8, 4) is 5.75 Å². The number of ether oxygens (including phenoxy) is 2. The number of guanidine groups is 1. The predicted octanol–water partition coefficient (Wildman–Crippen LogP) is -1.16. The number of hydrogen-bond acceptors (Lipinski definition) is 12. The number of benzene rings is 1. The fraction of sp³-hybridized carbons (Fsp3) is 0.409. The molecule has 0 radical (unpaired) electrons. The molecule has 1 aromatic carbocycles. The Morgan fingerprint density at radius 2 is 1.74 bits per heavy atom. The first-order chi connectivity index (χ1) is 18.0. The van der Waals surface area contributed by atoms with Crippen LogP contribution in [0.4, 0.5) is 11.6 Å². The molecule has 15 nitrogen and oxygen atoms in total. The summed E-state index contributed by atoms with van der Waals surface area (Å²) in [4.78, 5) is 30.9. The highest BCUT2D eigenvalue weighted by Crippen LogP contribution is 2.25. The summed E-state index contributed by atoms with van der Waals surface area (Å²) in [5.74, 6) is -2.55. The number of anilines is 2. The van der Waals surface area contributed by atoms with Crippen molar-refractivity contribution in [3.05, 3.63) is 40.7 Å². The number of carboxylic acid groups (broad SMARTS) is 1. The largest absolute Gasteiger partial charge is 0.479 e. The predicted molar refractivity (Wildman–Crippen MR) is 133 cm³/mol. The Morgan fingerprint density at radius 1 is 1.05 bits per heavy atom. The lowest BCUT2D eigenvalue weighted by Crippen LogP contribution is -2.61. The Kier molecular flexibility index (Phi) is 9.60. The van der Waals surface area contributed by atoms with Crippen LogP contribution >= 0.6 is 11.6 Å². The highest BCUT2D eigenvalue weighted by Gasteiger charge is 2.48. The van der Waals surface area contributed by atoms with Gasteiger partial charge in [0.1, 0.15) is 24.1 Å². The number of aliphatic hydroxyl groups is 3. The summed E-state index contributed by atoms with van der Waals surface area (Å²) in [6.45, 7) is 0.403. The summed E-state index contributed by atoms with van der Waals surface area (Å²) < 4.78 is 10.6. The number of halogens is 1. The van der Waals surface area contributed by atoms with Gasteiger partial charge in [-0.3, -0.25) is 15.5 Å². The molecular formula is C22H28ClN7O8. The second kappa shape index (κ2) is 12.7. The zero-order chi connectivity index (χ0) is 28.0. The van der Waals surface area contributed by atoms with Crippen molar-refractivity contribution in [1.82, 2.24) is 20.6 Å². The van der Waals surface area contributed by atoms with Crippen LogP contribution in [0.2, 0.25) is 5.15 Å². The van der Waals surface area contributed by atoms with E-state index in [1.807, 2.05) is 0 Å². The summed E-state index contributed by atoms with van der Waals surface area (Å²) in [6.07, 6.45) is -6.32. The normalized spacial score (nSPS) is 22.9. The van der Waals surface area contributed by atoms with Crippen LogP contribution in [0.5, 0.6) is 5.75 Å². The molecule has 3 rings (SSSR count). The van der Waals surface area contributed by atoms with Crippen LogP contribution < -0.4 is 26.8 Å². The third kappa shape index (κ3) is 7.17. The first kappa shape index (κ1) is 28.8. The van der Waals surface area contributed by atoms with E-state index in [-0.39, 0.29) is 34.2 Å². The van der Waals surface area contributed by atoms with Crippen LogP contribution in [0.15, 0.2) is 24.3 Å². The molecule has 1 amide bonds. The third-order valence-corrected chi connectivity index (χ3v) is 5.82. The summed E-state index contributed by atoms with van der Waals surface area (Å²) >= 11 is 5.76. The molecular weight excluding hydrogens is 526 g/mol. The monoisotopic (exact) mass is 553 g/mol. The molecule has 0 bridgehead atoms. The molecule has 16 heteroatoms. The van der Waals surface area contributed by atoms with Crippen LogP contribution in [-0.4, -0.2) is 85.5 Å². The average Bonchev–Trinajstić information content (AvgIpc) is 2.86. The molecule has 38 heavy (non-hydrogen) atoms. The van der Waals surface area contributed by atoms with Crippen LogP contribution in [0, 0.1) is 5.41 Å². The van der Waals surface area contributed by atoms with Crippen molar-refractivity contribution < 1.29 is 39.5 Å². The number of aryl methyl sites for hydroxylation is 1. The molecule has 2 heterocycles. The smallest absolute Gasteiger partial charge is 0.335 e.